The van der Waals surface area contributed by atoms with Crippen molar-refractivity contribution in [2.24, 2.45) is 0 Å². The van der Waals surface area contributed by atoms with E-state index in [1.54, 1.807) is 0 Å². The first-order valence-corrected chi connectivity index (χ1v) is 4.49. The highest BCUT2D eigenvalue weighted by atomic mass is 35.5. The van der Waals surface area contributed by atoms with Gasteiger partial charge in [0.05, 0.1) is 0 Å². The first kappa shape index (κ1) is 16.0. The van der Waals surface area contributed by atoms with E-state index in [0.29, 0.717) is 0 Å². The number of ether oxygens (including phenoxy) is 1. The van der Waals surface area contributed by atoms with Crippen molar-refractivity contribution in [3.8, 4) is 0 Å². The molecule has 0 aromatic heterocycles. The van der Waals surface area contributed by atoms with Crippen molar-refractivity contribution >= 4 is 18.5 Å². The molecule has 0 saturated heterocycles. The van der Waals surface area contributed by atoms with Crippen LogP contribution in [0.2, 0.25) is 0 Å². The summed E-state index contributed by atoms with van der Waals surface area (Å²) in [4.78, 5) is 11.2. The molecule has 86 valence electrons. The Labute approximate surface area is 92.2 Å². The van der Waals surface area contributed by atoms with Crippen molar-refractivity contribution in [2.45, 2.75) is 39.3 Å². The van der Waals surface area contributed by atoms with Crippen molar-refractivity contribution in [2.75, 3.05) is 13.6 Å². The molecule has 0 radical (unpaired) electrons. The molecule has 4 nitrogen and oxygen atoms in total. The Hall–Kier alpha value is -0.480. The van der Waals surface area contributed by atoms with Gasteiger partial charge >= 0.3 is 6.09 Å². The molecular formula is C9H21ClN2O2. The van der Waals surface area contributed by atoms with Gasteiger partial charge in [-0.2, -0.15) is 0 Å². The van der Waals surface area contributed by atoms with E-state index in [4.69, 9.17) is 4.74 Å². The van der Waals surface area contributed by atoms with Gasteiger partial charge in [-0.05, 0) is 34.7 Å². The molecule has 1 amide bonds. The minimum atomic E-state index is -0.427. The average molecular weight is 225 g/mol. The molecule has 0 bridgehead atoms. The number of carbonyl (C=O) groups is 1. The molecule has 0 aliphatic rings. The molecule has 14 heavy (non-hydrogen) atoms. The highest BCUT2D eigenvalue weighted by Crippen LogP contribution is 2.06. The Morgan fingerprint density at radius 1 is 1.43 bits per heavy atom. The Morgan fingerprint density at radius 3 is 2.29 bits per heavy atom. The van der Waals surface area contributed by atoms with E-state index in [0.717, 1.165) is 6.54 Å². The second-order valence-electron chi connectivity index (χ2n) is 4.10. The van der Waals surface area contributed by atoms with Gasteiger partial charge in [0.25, 0.3) is 0 Å². The molecule has 0 unspecified atom stereocenters. The number of hydrogen-bond donors (Lipinski definition) is 2. The summed E-state index contributed by atoms with van der Waals surface area (Å²) in [7, 11) is 1.84. The van der Waals surface area contributed by atoms with Crippen LogP contribution >= 0.6 is 12.4 Å². The molecule has 1 atom stereocenters. The summed E-state index contributed by atoms with van der Waals surface area (Å²) in [5.74, 6) is 0. The lowest BCUT2D eigenvalue weighted by molar-refractivity contribution is 0.0509. The highest BCUT2D eigenvalue weighted by molar-refractivity contribution is 5.85. The lowest BCUT2D eigenvalue weighted by Gasteiger charge is -2.21. The van der Waals surface area contributed by atoms with E-state index in [9.17, 15) is 4.79 Å². The SMILES string of the molecule is CNC[C@@H](C)NC(=O)OC(C)(C)C.Cl. The quantitative estimate of drug-likeness (QED) is 0.765. The van der Waals surface area contributed by atoms with E-state index < -0.39 is 5.60 Å². The van der Waals surface area contributed by atoms with Gasteiger partial charge in [0.1, 0.15) is 5.60 Å². The first-order valence-electron chi connectivity index (χ1n) is 4.49. The number of likely N-dealkylation sites (N-methyl/N-ethyl adjacent to an activating group) is 1. The molecule has 0 saturated carbocycles. The number of carbonyl (C=O) groups excluding carboxylic acids is 1. The van der Waals surface area contributed by atoms with Gasteiger partial charge in [-0.3, -0.25) is 0 Å². The van der Waals surface area contributed by atoms with Crippen molar-refractivity contribution < 1.29 is 9.53 Å². The fourth-order valence-corrected chi connectivity index (χ4v) is 0.866. The first-order chi connectivity index (χ1) is 5.85. The van der Waals surface area contributed by atoms with E-state index in [1.807, 2.05) is 34.7 Å². The summed E-state index contributed by atoms with van der Waals surface area (Å²) < 4.78 is 5.08. The van der Waals surface area contributed by atoms with Gasteiger partial charge in [-0.25, -0.2) is 4.79 Å². The van der Waals surface area contributed by atoms with Crippen LogP contribution in [0.5, 0.6) is 0 Å². The molecule has 0 heterocycles. The van der Waals surface area contributed by atoms with Crippen molar-refractivity contribution in [3.05, 3.63) is 0 Å². The molecular weight excluding hydrogens is 204 g/mol. The number of amides is 1. The molecule has 0 aromatic carbocycles. The molecule has 5 heteroatoms. The molecule has 0 aliphatic heterocycles. The maximum absolute atomic E-state index is 11.2. The zero-order valence-electron chi connectivity index (χ0n) is 9.51. The summed E-state index contributed by atoms with van der Waals surface area (Å²) >= 11 is 0. The van der Waals surface area contributed by atoms with Crippen LogP contribution in [0.15, 0.2) is 0 Å². The molecule has 0 fully saturated rings. The topological polar surface area (TPSA) is 50.4 Å². The fraction of sp³-hybridized carbons (Fsp3) is 0.889. The van der Waals surface area contributed by atoms with Crippen LogP contribution in [0.1, 0.15) is 27.7 Å². The highest BCUT2D eigenvalue weighted by Gasteiger charge is 2.16. The van der Waals surface area contributed by atoms with Crippen LogP contribution in [0, 0.1) is 0 Å². The molecule has 0 rings (SSSR count). The van der Waals surface area contributed by atoms with Crippen molar-refractivity contribution in [3.63, 3.8) is 0 Å². The van der Waals surface area contributed by atoms with Gasteiger partial charge in [0.15, 0.2) is 0 Å². The van der Waals surface area contributed by atoms with Crippen molar-refractivity contribution in [1.82, 2.24) is 10.6 Å². The van der Waals surface area contributed by atoms with E-state index in [-0.39, 0.29) is 24.5 Å². The molecule has 2 N–H and O–H groups in total. The second kappa shape index (κ2) is 6.90. The number of nitrogens with one attached hydrogen (secondary N) is 2. The van der Waals surface area contributed by atoms with Gasteiger partial charge in [-0.15, -0.1) is 12.4 Å². The van der Waals surface area contributed by atoms with Gasteiger partial charge in [0, 0.05) is 12.6 Å². The normalized spacial score (nSPS) is 12.6. The van der Waals surface area contributed by atoms with Gasteiger partial charge < -0.3 is 15.4 Å². The summed E-state index contributed by atoms with van der Waals surface area (Å²) in [5.41, 5.74) is -0.427. The standard InChI is InChI=1S/C9H20N2O2.ClH/c1-7(6-10-5)11-8(12)13-9(2,3)4;/h7,10H,6H2,1-5H3,(H,11,12);1H/t7-;/m1./s1. The maximum Gasteiger partial charge on any atom is 0.407 e. The zero-order valence-corrected chi connectivity index (χ0v) is 10.3. The lowest BCUT2D eigenvalue weighted by atomic mass is 10.2. The Bertz CT molecular complexity index is 169. The zero-order chi connectivity index (χ0) is 10.5. The third kappa shape index (κ3) is 9.61. The predicted molar refractivity (Wildman–Crippen MR) is 60.0 cm³/mol. The maximum atomic E-state index is 11.2. The minimum Gasteiger partial charge on any atom is -0.444 e. The van der Waals surface area contributed by atoms with E-state index in [1.165, 1.54) is 0 Å². The number of hydrogen-bond acceptors (Lipinski definition) is 3. The molecule has 0 aliphatic carbocycles. The summed E-state index contributed by atoms with van der Waals surface area (Å²) in [5, 5.41) is 5.68. The van der Waals surface area contributed by atoms with E-state index >= 15 is 0 Å². The van der Waals surface area contributed by atoms with Crippen LogP contribution in [-0.2, 0) is 4.74 Å². The summed E-state index contributed by atoms with van der Waals surface area (Å²) in [6, 6.07) is 0.0832. The van der Waals surface area contributed by atoms with Crippen LogP contribution in [0.4, 0.5) is 4.79 Å². The molecule has 0 spiro atoms. The summed E-state index contributed by atoms with van der Waals surface area (Å²) in [6.45, 7) is 8.18. The Kier molecular flexibility index (Phi) is 7.87. The number of alkyl carbamates (subject to hydrolysis) is 1. The number of halogens is 1. The van der Waals surface area contributed by atoms with Crippen LogP contribution in [-0.4, -0.2) is 31.3 Å². The minimum absolute atomic E-state index is 0. The summed E-state index contributed by atoms with van der Waals surface area (Å²) in [6.07, 6.45) is -0.366. The Balaban J connectivity index is 0. The van der Waals surface area contributed by atoms with Gasteiger partial charge in [0.2, 0.25) is 0 Å². The Morgan fingerprint density at radius 2 is 1.93 bits per heavy atom. The van der Waals surface area contributed by atoms with Crippen LogP contribution in [0.25, 0.3) is 0 Å². The molecule has 0 aromatic rings. The predicted octanol–water partition coefficient (Wildman–Crippen LogP) is 1.54. The second-order valence-corrected chi connectivity index (χ2v) is 4.10. The van der Waals surface area contributed by atoms with Crippen LogP contribution < -0.4 is 10.6 Å². The third-order valence-corrected chi connectivity index (χ3v) is 1.27. The van der Waals surface area contributed by atoms with Gasteiger partial charge in [-0.1, -0.05) is 0 Å². The smallest absolute Gasteiger partial charge is 0.407 e. The van der Waals surface area contributed by atoms with Crippen molar-refractivity contribution in [1.29, 1.82) is 0 Å². The van der Waals surface area contributed by atoms with E-state index in [2.05, 4.69) is 10.6 Å². The lowest BCUT2D eigenvalue weighted by Crippen LogP contribution is -2.41. The van der Waals surface area contributed by atoms with Crippen LogP contribution in [0.3, 0.4) is 0 Å². The monoisotopic (exact) mass is 224 g/mol. The average Bonchev–Trinajstić information content (AvgIpc) is 1.81. The fourth-order valence-electron chi connectivity index (χ4n) is 0.866. The number of rotatable bonds is 3. The third-order valence-electron chi connectivity index (χ3n) is 1.27. The largest absolute Gasteiger partial charge is 0.444 e.